The van der Waals surface area contributed by atoms with Gasteiger partial charge in [0.15, 0.2) is 0 Å². The van der Waals surface area contributed by atoms with Gasteiger partial charge >= 0.3 is 0 Å². The summed E-state index contributed by atoms with van der Waals surface area (Å²) >= 11 is 0. The molecule has 0 radical (unpaired) electrons. The van der Waals surface area contributed by atoms with Crippen LogP contribution in [0, 0.1) is 18.6 Å². The fraction of sp³-hybridized carbons (Fsp3) is 0.211. The Morgan fingerprint density at radius 2 is 1.92 bits per heavy atom. The second kappa shape index (κ2) is 6.33. The minimum atomic E-state index is -0.442. The Labute approximate surface area is 148 Å². The number of hydrogen-bond donors (Lipinski definition) is 0. The fourth-order valence-electron chi connectivity index (χ4n) is 3.05. The predicted molar refractivity (Wildman–Crippen MR) is 90.5 cm³/mol. The van der Waals surface area contributed by atoms with Crippen LogP contribution < -0.4 is 4.90 Å². The van der Waals surface area contributed by atoms with Crippen LogP contribution in [-0.2, 0) is 4.79 Å². The van der Waals surface area contributed by atoms with Gasteiger partial charge in [0.25, 0.3) is 0 Å². The highest BCUT2D eigenvalue weighted by Gasteiger charge is 2.36. The van der Waals surface area contributed by atoms with Crippen LogP contribution in [0.4, 0.5) is 14.5 Å². The molecule has 5 nitrogen and oxygen atoms in total. The van der Waals surface area contributed by atoms with Crippen molar-refractivity contribution >= 4 is 11.6 Å². The van der Waals surface area contributed by atoms with E-state index in [1.165, 1.54) is 23.1 Å². The number of rotatable bonds is 3. The van der Waals surface area contributed by atoms with Crippen molar-refractivity contribution in [3.63, 3.8) is 0 Å². The molecule has 1 fully saturated rings. The number of hydrogen-bond acceptors (Lipinski definition) is 4. The highest BCUT2D eigenvalue weighted by Crippen LogP contribution is 2.33. The molecule has 1 atom stereocenters. The monoisotopic (exact) mass is 355 g/mol. The molecule has 1 aliphatic rings. The quantitative estimate of drug-likeness (QED) is 0.716. The maximum Gasteiger partial charge on any atom is 0.232 e. The Hall–Kier alpha value is -3.09. The van der Waals surface area contributed by atoms with E-state index in [0.29, 0.717) is 17.3 Å². The van der Waals surface area contributed by atoms with Gasteiger partial charge in [-0.15, -0.1) is 0 Å². The minimum Gasteiger partial charge on any atom is -0.339 e. The van der Waals surface area contributed by atoms with E-state index >= 15 is 0 Å². The summed E-state index contributed by atoms with van der Waals surface area (Å²) in [6.07, 6.45) is 0.165. The summed E-state index contributed by atoms with van der Waals surface area (Å²) in [4.78, 5) is 18.1. The fourth-order valence-corrected chi connectivity index (χ4v) is 3.05. The second-order valence-corrected chi connectivity index (χ2v) is 6.32. The van der Waals surface area contributed by atoms with Gasteiger partial charge in [0.05, 0.1) is 11.6 Å². The Balaban J connectivity index is 1.58. The van der Waals surface area contributed by atoms with Gasteiger partial charge in [0.1, 0.15) is 11.6 Å². The third-order valence-electron chi connectivity index (χ3n) is 4.41. The highest BCUT2D eigenvalue weighted by molar-refractivity contribution is 5.96. The molecular formula is C19H15F2N3O2. The average molecular weight is 355 g/mol. The lowest BCUT2D eigenvalue weighted by atomic mass is 10.1. The van der Waals surface area contributed by atoms with Crippen molar-refractivity contribution in [3.8, 4) is 11.4 Å². The van der Waals surface area contributed by atoms with Crippen LogP contribution in [0.5, 0.6) is 0 Å². The molecular weight excluding hydrogens is 340 g/mol. The third kappa shape index (κ3) is 2.96. The second-order valence-electron chi connectivity index (χ2n) is 6.32. The van der Waals surface area contributed by atoms with Crippen LogP contribution in [0.15, 0.2) is 47.0 Å². The first kappa shape index (κ1) is 16.4. The first-order chi connectivity index (χ1) is 12.5. The molecule has 0 bridgehead atoms. The summed E-state index contributed by atoms with van der Waals surface area (Å²) in [5, 5.41) is 3.90. The Kier molecular flexibility index (Phi) is 3.99. The molecule has 132 valence electrons. The summed E-state index contributed by atoms with van der Waals surface area (Å²) in [6.45, 7) is 2.11. The van der Waals surface area contributed by atoms with Gasteiger partial charge in [-0.1, -0.05) is 11.2 Å². The van der Waals surface area contributed by atoms with Crippen LogP contribution in [0.1, 0.15) is 23.8 Å². The first-order valence-electron chi connectivity index (χ1n) is 8.17. The molecule has 2 heterocycles. The standard InChI is InChI=1S/C19H15F2N3O2/c1-11-2-7-15(21)16(8-11)24-10-13(9-17(24)25)19-22-18(23-26-19)12-3-5-14(20)6-4-12/h2-8,13H,9-10H2,1H3. The zero-order valence-electron chi connectivity index (χ0n) is 13.9. The number of carbonyl (C=O) groups is 1. The van der Waals surface area contributed by atoms with Gasteiger partial charge in [0.2, 0.25) is 17.6 Å². The van der Waals surface area contributed by atoms with E-state index in [1.54, 1.807) is 24.3 Å². The number of aryl methyl sites for hydroxylation is 1. The number of aromatic nitrogens is 2. The number of anilines is 1. The van der Waals surface area contributed by atoms with E-state index in [9.17, 15) is 13.6 Å². The van der Waals surface area contributed by atoms with Gasteiger partial charge in [-0.2, -0.15) is 4.98 Å². The summed E-state index contributed by atoms with van der Waals surface area (Å²) in [5.74, 6) is -0.664. The summed E-state index contributed by atoms with van der Waals surface area (Å²) in [6, 6.07) is 10.4. The van der Waals surface area contributed by atoms with E-state index in [0.717, 1.165) is 5.56 Å². The Morgan fingerprint density at radius 1 is 1.15 bits per heavy atom. The topological polar surface area (TPSA) is 59.2 Å². The van der Waals surface area contributed by atoms with Gasteiger partial charge < -0.3 is 9.42 Å². The van der Waals surface area contributed by atoms with Gasteiger partial charge in [-0.3, -0.25) is 4.79 Å². The zero-order chi connectivity index (χ0) is 18.3. The van der Waals surface area contributed by atoms with Crippen LogP contribution in [-0.4, -0.2) is 22.6 Å². The SMILES string of the molecule is Cc1ccc(F)c(N2CC(c3nc(-c4ccc(F)cc4)no3)CC2=O)c1. The van der Waals surface area contributed by atoms with E-state index in [1.807, 2.05) is 6.92 Å². The van der Waals surface area contributed by atoms with Crippen molar-refractivity contribution in [2.24, 2.45) is 0 Å². The first-order valence-corrected chi connectivity index (χ1v) is 8.17. The molecule has 26 heavy (non-hydrogen) atoms. The molecule has 2 aromatic carbocycles. The summed E-state index contributed by atoms with van der Waals surface area (Å²) < 4.78 is 32.4. The molecule has 1 aromatic heterocycles. The number of carbonyl (C=O) groups excluding carboxylic acids is 1. The predicted octanol–water partition coefficient (Wildman–Crippen LogP) is 3.84. The van der Waals surface area contributed by atoms with E-state index in [2.05, 4.69) is 10.1 Å². The lowest BCUT2D eigenvalue weighted by molar-refractivity contribution is -0.117. The number of benzene rings is 2. The molecule has 1 amide bonds. The van der Waals surface area contributed by atoms with Gasteiger partial charge in [-0.25, -0.2) is 8.78 Å². The Morgan fingerprint density at radius 3 is 2.69 bits per heavy atom. The van der Waals surface area contributed by atoms with Crippen LogP contribution in [0.3, 0.4) is 0 Å². The van der Waals surface area contributed by atoms with Crippen molar-refractivity contribution in [2.75, 3.05) is 11.4 Å². The molecule has 7 heteroatoms. The van der Waals surface area contributed by atoms with Crippen molar-refractivity contribution < 1.29 is 18.1 Å². The molecule has 0 aliphatic carbocycles. The lowest BCUT2D eigenvalue weighted by Crippen LogP contribution is -2.25. The van der Waals surface area contributed by atoms with Crippen LogP contribution >= 0.6 is 0 Å². The van der Waals surface area contributed by atoms with E-state index < -0.39 is 5.82 Å². The minimum absolute atomic E-state index is 0.165. The summed E-state index contributed by atoms with van der Waals surface area (Å²) in [7, 11) is 0. The van der Waals surface area contributed by atoms with Gasteiger partial charge in [0, 0.05) is 18.5 Å². The van der Waals surface area contributed by atoms with Crippen LogP contribution in [0.2, 0.25) is 0 Å². The molecule has 0 saturated carbocycles. The maximum atomic E-state index is 14.1. The number of amides is 1. The molecule has 1 unspecified atom stereocenters. The maximum absolute atomic E-state index is 14.1. The third-order valence-corrected chi connectivity index (χ3v) is 4.41. The zero-order valence-corrected chi connectivity index (χ0v) is 13.9. The normalized spacial score (nSPS) is 17.1. The highest BCUT2D eigenvalue weighted by atomic mass is 19.1. The Bertz CT molecular complexity index is 969. The van der Waals surface area contributed by atoms with Gasteiger partial charge in [-0.05, 0) is 48.9 Å². The van der Waals surface area contributed by atoms with E-state index in [4.69, 9.17) is 4.52 Å². The summed E-state index contributed by atoms with van der Waals surface area (Å²) in [5.41, 5.74) is 1.75. The largest absolute Gasteiger partial charge is 0.339 e. The van der Waals surface area contributed by atoms with E-state index in [-0.39, 0.29) is 36.3 Å². The van der Waals surface area contributed by atoms with Crippen molar-refractivity contribution in [1.82, 2.24) is 10.1 Å². The van der Waals surface area contributed by atoms with Crippen molar-refractivity contribution in [1.29, 1.82) is 0 Å². The molecule has 1 aliphatic heterocycles. The molecule has 3 aromatic rings. The average Bonchev–Trinajstić information content (AvgIpc) is 3.25. The number of nitrogens with zero attached hydrogens (tertiary/aromatic N) is 3. The van der Waals surface area contributed by atoms with Crippen molar-refractivity contribution in [2.45, 2.75) is 19.3 Å². The molecule has 0 N–H and O–H groups in total. The van der Waals surface area contributed by atoms with Crippen LogP contribution in [0.25, 0.3) is 11.4 Å². The van der Waals surface area contributed by atoms with Crippen molar-refractivity contribution in [3.05, 3.63) is 65.6 Å². The number of halogens is 2. The smallest absolute Gasteiger partial charge is 0.232 e. The molecule has 1 saturated heterocycles. The molecule has 4 rings (SSSR count). The lowest BCUT2D eigenvalue weighted by Gasteiger charge is -2.17. The molecule has 0 spiro atoms.